The Bertz CT molecular complexity index is 1770. The van der Waals surface area contributed by atoms with Crippen molar-refractivity contribution in [3.8, 4) is 0 Å². The Morgan fingerprint density at radius 2 is 1.09 bits per heavy atom. The van der Waals surface area contributed by atoms with Gasteiger partial charge in [0, 0.05) is 37.1 Å². The molecule has 19 heteroatoms. The minimum Gasteiger partial charge on any atom is -0.396 e. The number of fused-ring (bicyclic) bond motifs is 2. The number of hydrogen-bond acceptors (Lipinski definition) is 14. The molecule has 252 valence electrons. The molecule has 0 spiro atoms. The van der Waals surface area contributed by atoms with E-state index in [4.69, 9.17) is 29.0 Å². The standard InChI is InChI=1S/2C14H18N6O.H2O4S/c2*15-14-18-12(17-9-2-3-9)11-13(19-14)20(7-16-11)10-4-1-8(5-10)6-21;1-5(2,3)4/h2*1,4,7-10,21H,2-3,5-6H2,(H3,15,17,18,19);(H2,1,2,3,4)/t2*8-,10+;/m10./s1. The minimum absolute atomic E-state index is 0.162. The zero-order chi connectivity index (χ0) is 33.3. The number of nitrogens with two attached hydrogens (primary N) is 2. The van der Waals surface area contributed by atoms with E-state index in [0.717, 1.165) is 72.5 Å². The Balaban J connectivity index is 0.000000144. The highest BCUT2D eigenvalue weighted by atomic mass is 32.3. The maximum absolute atomic E-state index is 9.26. The molecular weight excluding hydrogens is 632 g/mol. The molecule has 47 heavy (non-hydrogen) atoms. The van der Waals surface area contributed by atoms with Crippen LogP contribution in [-0.2, 0) is 10.4 Å². The maximum atomic E-state index is 9.26. The topological polar surface area (TPSA) is 278 Å². The number of aromatic nitrogens is 8. The molecule has 4 aromatic heterocycles. The average Bonchev–Trinajstić information content (AvgIpc) is 3.73. The van der Waals surface area contributed by atoms with Crippen LogP contribution in [-0.4, -0.2) is 92.1 Å². The number of anilines is 4. The van der Waals surface area contributed by atoms with Crippen molar-refractivity contribution in [1.82, 2.24) is 39.0 Å². The Labute approximate surface area is 269 Å². The van der Waals surface area contributed by atoms with E-state index in [9.17, 15) is 10.2 Å². The summed E-state index contributed by atoms with van der Waals surface area (Å²) in [6.07, 6.45) is 18.2. The van der Waals surface area contributed by atoms with Gasteiger partial charge in [0.25, 0.3) is 0 Å². The summed E-state index contributed by atoms with van der Waals surface area (Å²) in [6.45, 7) is 0.344. The molecule has 0 saturated heterocycles. The van der Waals surface area contributed by atoms with Crippen LogP contribution in [0.5, 0.6) is 0 Å². The number of rotatable bonds is 8. The van der Waals surface area contributed by atoms with E-state index in [0.29, 0.717) is 12.1 Å². The van der Waals surface area contributed by atoms with E-state index >= 15 is 0 Å². The largest absolute Gasteiger partial charge is 0.396 e. The molecule has 0 unspecified atom stereocenters. The van der Waals surface area contributed by atoms with E-state index < -0.39 is 10.4 Å². The Morgan fingerprint density at radius 1 is 0.702 bits per heavy atom. The minimum atomic E-state index is -4.67. The zero-order valence-corrected chi connectivity index (χ0v) is 26.1. The maximum Gasteiger partial charge on any atom is 0.394 e. The summed E-state index contributed by atoms with van der Waals surface area (Å²) < 4.78 is 35.6. The molecule has 0 radical (unpaired) electrons. The number of hydrogen-bond donors (Lipinski definition) is 8. The highest BCUT2D eigenvalue weighted by molar-refractivity contribution is 7.79. The summed E-state index contributed by atoms with van der Waals surface area (Å²) in [7, 11) is -4.67. The monoisotopic (exact) mass is 670 g/mol. The smallest absolute Gasteiger partial charge is 0.394 e. The molecule has 0 bridgehead atoms. The lowest BCUT2D eigenvalue weighted by atomic mass is 10.1. The summed E-state index contributed by atoms with van der Waals surface area (Å²) in [5, 5.41) is 25.2. The fourth-order valence-corrected chi connectivity index (χ4v) is 5.58. The van der Waals surface area contributed by atoms with Crippen molar-refractivity contribution in [3.05, 3.63) is 37.0 Å². The van der Waals surface area contributed by atoms with E-state index in [1.165, 1.54) is 0 Å². The molecular formula is C28H38N12O6S. The number of aliphatic hydroxyl groups excluding tert-OH is 2. The molecule has 0 aromatic carbocycles. The average molecular weight is 671 g/mol. The first-order valence-corrected chi connectivity index (χ1v) is 16.7. The van der Waals surface area contributed by atoms with Gasteiger partial charge in [0.05, 0.1) is 24.7 Å². The fourth-order valence-electron chi connectivity index (χ4n) is 5.58. The number of allylic oxidation sites excluding steroid dienone is 2. The van der Waals surface area contributed by atoms with Crippen molar-refractivity contribution in [2.45, 2.75) is 62.7 Å². The van der Waals surface area contributed by atoms with Gasteiger partial charge in [0.1, 0.15) is 0 Å². The van der Waals surface area contributed by atoms with Crippen LogP contribution in [0.15, 0.2) is 37.0 Å². The first kappa shape index (κ1) is 32.5. The van der Waals surface area contributed by atoms with Crippen molar-refractivity contribution in [2.24, 2.45) is 11.8 Å². The van der Waals surface area contributed by atoms with Gasteiger partial charge in [-0.2, -0.15) is 28.4 Å². The van der Waals surface area contributed by atoms with E-state index in [1.807, 2.05) is 21.3 Å². The van der Waals surface area contributed by atoms with Gasteiger partial charge < -0.3 is 41.4 Å². The fraction of sp³-hybridized carbons (Fsp3) is 0.500. The van der Waals surface area contributed by atoms with E-state index in [-0.39, 0.29) is 49.0 Å². The van der Waals surface area contributed by atoms with Crippen LogP contribution in [0.25, 0.3) is 22.3 Å². The second-order valence-corrected chi connectivity index (χ2v) is 13.0. The van der Waals surface area contributed by atoms with Crippen molar-refractivity contribution in [3.63, 3.8) is 0 Å². The van der Waals surface area contributed by atoms with Crippen molar-refractivity contribution in [2.75, 3.05) is 35.3 Å². The van der Waals surface area contributed by atoms with Crippen LogP contribution in [0.2, 0.25) is 0 Å². The summed E-state index contributed by atoms with van der Waals surface area (Å²) >= 11 is 0. The summed E-state index contributed by atoms with van der Waals surface area (Å²) in [4.78, 5) is 26.2. The van der Waals surface area contributed by atoms with E-state index in [1.54, 1.807) is 12.7 Å². The molecule has 4 heterocycles. The number of aliphatic hydroxyl groups is 2. The van der Waals surface area contributed by atoms with Gasteiger partial charge in [-0.3, -0.25) is 9.11 Å². The first-order valence-electron chi connectivity index (χ1n) is 15.3. The third kappa shape index (κ3) is 8.11. The summed E-state index contributed by atoms with van der Waals surface area (Å²) in [5.74, 6) is 2.37. The molecule has 0 aliphatic heterocycles. The second-order valence-electron chi connectivity index (χ2n) is 12.1. The molecule has 2 fully saturated rings. The van der Waals surface area contributed by atoms with Crippen LogP contribution in [0.3, 0.4) is 0 Å². The Hall–Kier alpha value is -4.43. The molecule has 8 rings (SSSR count). The van der Waals surface area contributed by atoms with E-state index in [2.05, 4.69) is 52.7 Å². The quantitative estimate of drug-likeness (QED) is 0.0974. The SMILES string of the molecule is Nc1nc(NC2CC2)c2ncn([C@@H]3C=C[C@H](CO)C3)c2n1.Nc1nc(NC2CC2)c2ncn([C@H]3C=C[C@@H](CO)C3)c2n1.O=S(=O)(O)O. The van der Waals surface area contributed by atoms with Crippen LogP contribution >= 0.6 is 0 Å². The van der Waals surface area contributed by atoms with Crippen LogP contribution in [0.1, 0.15) is 50.6 Å². The third-order valence-corrected chi connectivity index (χ3v) is 8.20. The Morgan fingerprint density at radius 3 is 1.40 bits per heavy atom. The van der Waals surface area contributed by atoms with Crippen molar-refractivity contribution >= 4 is 56.3 Å². The lowest BCUT2D eigenvalue weighted by Gasteiger charge is -2.13. The number of nitrogens with one attached hydrogen (secondary N) is 2. The van der Waals surface area contributed by atoms with Gasteiger partial charge in [0.15, 0.2) is 34.0 Å². The molecule has 4 aromatic rings. The third-order valence-electron chi connectivity index (χ3n) is 8.20. The van der Waals surface area contributed by atoms with Gasteiger partial charge in [-0.1, -0.05) is 24.3 Å². The molecule has 0 amide bonds. The lowest BCUT2D eigenvalue weighted by molar-refractivity contribution is 0.244. The van der Waals surface area contributed by atoms with Gasteiger partial charge in [0.2, 0.25) is 11.9 Å². The van der Waals surface area contributed by atoms with Crippen molar-refractivity contribution < 1.29 is 27.7 Å². The predicted octanol–water partition coefficient (Wildman–Crippen LogP) is 1.53. The van der Waals surface area contributed by atoms with Crippen LogP contribution in [0, 0.1) is 11.8 Å². The predicted molar refractivity (Wildman–Crippen MR) is 174 cm³/mol. The molecule has 4 aliphatic carbocycles. The lowest BCUT2D eigenvalue weighted by Crippen LogP contribution is -2.10. The highest BCUT2D eigenvalue weighted by Crippen LogP contribution is 2.34. The summed E-state index contributed by atoms with van der Waals surface area (Å²) in [6, 6.07) is 1.29. The molecule has 4 atom stereocenters. The normalized spacial score (nSPS) is 23.4. The van der Waals surface area contributed by atoms with Gasteiger partial charge in [-0.05, 0) is 38.5 Å². The first-order chi connectivity index (χ1) is 22.5. The van der Waals surface area contributed by atoms with Crippen LogP contribution in [0.4, 0.5) is 23.5 Å². The zero-order valence-electron chi connectivity index (χ0n) is 25.3. The van der Waals surface area contributed by atoms with Crippen molar-refractivity contribution in [1.29, 1.82) is 0 Å². The summed E-state index contributed by atoms with van der Waals surface area (Å²) in [5.41, 5.74) is 14.7. The highest BCUT2D eigenvalue weighted by Gasteiger charge is 2.27. The number of imidazole rings is 2. The van der Waals surface area contributed by atoms with Gasteiger partial charge >= 0.3 is 10.4 Å². The molecule has 2 saturated carbocycles. The van der Waals surface area contributed by atoms with Gasteiger partial charge in [-0.15, -0.1) is 0 Å². The molecule has 10 N–H and O–H groups in total. The molecule has 4 aliphatic rings. The number of nitrogen functional groups attached to an aromatic ring is 2. The van der Waals surface area contributed by atoms with Gasteiger partial charge in [-0.25, -0.2) is 9.97 Å². The number of nitrogens with zero attached hydrogens (tertiary/aromatic N) is 8. The molecule has 18 nitrogen and oxygen atoms in total. The van der Waals surface area contributed by atoms with Crippen LogP contribution < -0.4 is 22.1 Å². The Kier molecular flexibility index (Phi) is 9.24. The second kappa shape index (κ2) is 13.4.